The van der Waals surface area contributed by atoms with Gasteiger partial charge in [-0.15, -0.1) is 22.5 Å². The Kier molecular flexibility index (Phi) is 4.89. The number of amides is 1. The summed E-state index contributed by atoms with van der Waals surface area (Å²) >= 11 is 11.2. The lowest BCUT2D eigenvalue weighted by Gasteiger charge is -2.12. The maximum absolute atomic E-state index is 11.8. The maximum Gasteiger partial charge on any atom is 0.327 e. The first-order valence-corrected chi connectivity index (χ1v) is 5.37. The summed E-state index contributed by atoms with van der Waals surface area (Å²) in [5.41, 5.74) is -0.0695. The molecule has 94 valence electrons. The molecule has 1 aromatic rings. The second-order valence-corrected chi connectivity index (χ2v) is 3.89. The number of carbonyl (C=O) groups excluding carboxylic acids is 1. The number of halogens is 2. The summed E-state index contributed by atoms with van der Waals surface area (Å²) in [5.74, 6) is 0.168. The van der Waals surface area contributed by atoms with Crippen LogP contribution in [0.5, 0.6) is 0 Å². The van der Waals surface area contributed by atoms with Gasteiger partial charge >= 0.3 is 5.97 Å². The number of nitrogens with zero attached hydrogens (tertiary/aromatic N) is 2. The van der Waals surface area contributed by atoms with Gasteiger partial charge in [0.2, 0.25) is 0 Å². The molecule has 1 rings (SSSR count). The van der Waals surface area contributed by atoms with Crippen molar-refractivity contribution >= 4 is 35.1 Å². The number of aliphatic carboxylic acids is 1. The first-order chi connectivity index (χ1) is 8.45. The highest BCUT2D eigenvalue weighted by Crippen LogP contribution is 2.15. The number of hydrogen-bond acceptors (Lipinski definition) is 4. The van der Waals surface area contributed by atoms with E-state index in [0.29, 0.717) is 0 Å². The smallest absolute Gasteiger partial charge is 0.327 e. The van der Waals surface area contributed by atoms with Gasteiger partial charge in [-0.2, -0.15) is 0 Å². The van der Waals surface area contributed by atoms with E-state index < -0.39 is 17.9 Å². The van der Waals surface area contributed by atoms with Crippen molar-refractivity contribution in [3.8, 4) is 12.3 Å². The molecule has 0 aliphatic heterocycles. The lowest BCUT2D eigenvalue weighted by molar-refractivity contribution is -0.139. The van der Waals surface area contributed by atoms with E-state index in [1.807, 2.05) is 0 Å². The minimum absolute atomic E-state index is 0.0339. The Morgan fingerprint density at radius 3 is 2.72 bits per heavy atom. The molecule has 6 nitrogen and oxygen atoms in total. The molecular formula is C10H7Cl2N3O3. The Bertz CT molecular complexity index is 528. The van der Waals surface area contributed by atoms with E-state index in [4.69, 9.17) is 34.7 Å². The second-order valence-electron chi connectivity index (χ2n) is 3.14. The standard InChI is InChI=1S/C10H7Cl2N3O3/c1-2-3-6(10(17)18)13-9(16)5-4-7(11)14-15-8(5)12/h1,4,6H,3H2,(H,13,16)(H,17,18). The fourth-order valence-corrected chi connectivity index (χ4v) is 1.39. The zero-order valence-corrected chi connectivity index (χ0v) is 10.4. The van der Waals surface area contributed by atoms with Crippen molar-refractivity contribution in [2.75, 3.05) is 0 Å². The highest BCUT2D eigenvalue weighted by Gasteiger charge is 2.21. The van der Waals surface area contributed by atoms with Crippen LogP contribution in [0.15, 0.2) is 6.07 Å². The summed E-state index contributed by atoms with van der Waals surface area (Å²) in [6, 6.07) is -0.0217. The molecule has 0 spiro atoms. The molecule has 8 heteroatoms. The van der Waals surface area contributed by atoms with Crippen LogP contribution >= 0.6 is 23.2 Å². The number of terminal acetylenes is 1. The van der Waals surface area contributed by atoms with Crippen LogP contribution < -0.4 is 5.32 Å². The lowest BCUT2D eigenvalue weighted by atomic mass is 10.2. The van der Waals surface area contributed by atoms with E-state index in [2.05, 4.69) is 21.4 Å². The largest absolute Gasteiger partial charge is 0.480 e. The molecule has 0 aliphatic carbocycles. The molecule has 0 bridgehead atoms. The van der Waals surface area contributed by atoms with Gasteiger partial charge in [0.05, 0.1) is 5.56 Å². The summed E-state index contributed by atoms with van der Waals surface area (Å²) in [4.78, 5) is 22.6. The number of nitrogens with one attached hydrogen (secondary N) is 1. The van der Waals surface area contributed by atoms with E-state index in [-0.39, 0.29) is 22.3 Å². The van der Waals surface area contributed by atoms with Gasteiger partial charge in [0.15, 0.2) is 10.3 Å². The van der Waals surface area contributed by atoms with Gasteiger partial charge in [-0.05, 0) is 6.07 Å². The maximum atomic E-state index is 11.8. The molecule has 0 aliphatic rings. The van der Waals surface area contributed by atoms with E-state index >= 15 is 0 Å². The molecule has 1 aromatic heterocycles. The summed E-state index contributed by atoms with van der Waals surface area (Å²) in [7, 11) is 0. The van der Waals surface area contributed by atoms with Gasteiger partial charge < -0.3 is 10.4 Å². The van der Waals surface area contributed by atoms with Crippen molar-refractivity contribution in [3.63, 3.8) is 0 Å². The number of hydrogen-bond donors (Lipinski definition) is 2. The zero-order chi connectivity index (χ0) is 13.7. The van der Waals surface area contributed by atoms with Crippen molar-refractivity contribution in [2.24, 2.45) is 0 Å². The summed E-state index contributed by atoms with van der Waals surface area (Å²) in [6.07, 6.45) is 4.85. The number of carboxylic acids is 1. The van der Waals surface area contributed by atoms with E-state index in [0.717, 1.165) is 0 Å². The van der Waals surface area contributed by atoms with Crippen LogP contribution in [0.4, 0.5) is 0 Å². The predicted molar refractivity (Wildman–Crippen MR) is 64.4 cm³/mol. The highest BCUT2D eigenvalue weighted by molar-refractivity contribution is 6.34. The van der Waals surface area contributed by atoms with Crippen LogP contribution in [0.1, 0.15) is 16.8 Å². The van der Waals surface area contributed by atoms with Crippen molar-refractivity contribution < 1.29 is 14.7 Å². The fraction of sp³-hybridized carbons (Fsp3) is 0.200. The Hall–Kier alpha value is -1.84. The lowest BCUT2D eigenvalue weighted by Crippen LogP contribution is -2.40. The topological polar surface area (TPSA) is 92.2 Å². The van der Waals surface area contributed by atoms with Gasteiger partial charge in [0.25, 0.3) is 5.91 Å². The predicted octanol–water partition coefficient (Wildman–Crippen LogP) is 0.990. The Labute approximate surface area is 112 Å². The van der Waals surface area contributed by atoms with Gasteiger partial charge in [-0.1, -0.05) is 23.2 Å². The molecule has 0 saturated carbocycles. The second kappa shape index (κ2) is 6.19. The van der Waals surface area contributed by atoms with Crippen LogP contribution in [0.3, 0.4) is 0 Å². The van der Waals surface area contributed by atoms with Crippen LogP contribution in [0.2, 0.25) is 10.3 Å². The van der Waals surface area contributed by atoms with E-state index in [1.54, 1.807) is 0 Å². The first kappa shape index (κ1) is 14.2. The molecule has 2 N–H and O–H groups in total. The molecule has 0 saturated heterocycles. The van der Waals surface area contributed by atoms with E-state index in [9.17, 15) is 9.59 Å². The van der Waals surface area contributed by atoms with Crippen molar-refractivity contribution in [3.05, 3.63) is 21.9 Å². The molecule has 0 radical (unpaired) electrons. The number of carboxylic acid groups (broad SMARTS) is 1. The van der Waals surface area contributed by atoms with Crippen LogP contribution in [0.25, 0.3) is 0 Å². The van der Waals surface area contributed by atoms with E-state index in [1.165, 1.54) is 6.07 Å². The van der Waals surface area contributed by atoms with Gasteiger partial charge in [0.1, 0.15) is 6.04 Å². The Morgan fingerprint density at radius 2 is 2.17 bits per heavy atom. The average Bonchev–Trinajstić information content (AvgIpc) is 2.31. The Balaban J connectivity index is 2.91. The van der Waals surface area contributed by atoms with Crippen LogP contribution in [-0.4, -0.2) is 33.2 Å². The van der Waals surface area contributed by atoms with Crippen LogP contribution in [-0.2, 0) is 4.79 Å². The third kappa shape index (κ3) is 3.58. The van der Waals surface area contributed by atoms with Gasteiger partial charge in [-0.3, -0.25) is 4.79 Å². The van der Waals surface area contributed by atoms with Crippen molar-refractivity contribution in [2.45, 2.75) is 12.5 Å². The van der Waals surface area contributed by atoms with Gasteiger partial charge in [0, 0.05) is 6.42 Å². The van der Waals surface area contributed by atoms with Crippen molar-refractivity contribution in [1.29, 1.82) is 0 Å². The third-order valence-electron chi connectivity index (χ3n) is 1.89. The molecule has 1 unspecified atom stereocenters. The number of aromatic nitrogens is 2. The summed E-state index contributed by atoms with van der Waals surface area (Å²) in [5, 5.41) is 17.7. The minimum Gasteiger partial charge on any atom is -0.480 e. The highest BCUT2D eigenvalue weighted by atomic mass is 35.5. The molecule has 0 fully saturated rings. The molecule has 1 amide bonds. The number of carbonyl (C=O) groups is 2. The minimum atomic E-state index is -1.24. The molecule has 1 atom stereocenters. The summed E-state index contributed by atoms with van der Waals surface area (Å²) in [6.45, 7) is 0. The molecular weight excluding hydrogens is 281 g/mol. The van der Waals surface area contributed by atoms with Crippen LogP contribution in [0, 0.1) is 12.3 Å². The number of rotatable bonds is 4. The first-order valence-electron chi connectivity index (χ1n) is 4.61. The molecule has 1 heterocycles. The molecule has 0 aromatic carbocycles. The molecule has 18 heavy (non-hydrogen) atoms. The van der Waals surface area contributed by atoms with Gasteiger partial charge in [-0.25, -0.2) is 4.79 Å². The fourth-order valence-electron chi connectivity index (χ4n) is 1.07. The third-order valence-corrected chi connectivity index (χ3v) is 2.35. The quantitative estimate of drug-likeness (QED) is 0.806. The monoisotopic (exact) mass is 287 g/mol. The SMILES string of the molecule is C#CCC(NC(=O)c1cc(Cl)nnc1Cl)C(=O)O. The summed E-state index contributed by atoms with van der Waals surface area (Å²) < 4.78 is 0. The van der Waals surface area contributed by atoms with Crippen molar-refractivity contribution in [1.82, 2.24) is 15.5 Å². The average molecular weight is 288 g/mol. The normalized spacial score (nSPS) is 11.4. The Morgan fingerprint density at radius 1 is 1.50 bits per heavy atom. The zero-order valence-electron chi connectivity index (χ0n) is 8.85.